The van der Waals surface area contributed by atoms with Crippen molar-refractivity contribution >= 4 is 22.6 Å². The Kier molecular flexibility index (Phi) is 5.92. The smallest absolute Gasteiger partial charge is 0.369 e. The molecule has 3 aromatic carbocycles. The molecule has 0 spiro atoms. The molecule has 0 fully saturated rings. The van der Waals surface area contributed by atoms with Crippen molar-refractivity contribution in [1.82, 2.24) is 19.6 Å². The Hall–Kier alpha value is -4.64. The summed E-state index contributed by atoms with van der Waals surface area (Å²) in [7, 11) is 1.61. The topological polar surface area (TPSA) is 111 Å². The predicted octanol–water partition coefficient (Wildman–Crippen LogP) is 4.65. The molecule has 2 aromatic heterocycles. The highest BCUT2D eigenvalue weighted by atomic mass is 19.4. The van der Waals surface area contributed by atoms with Crippen molar-refractivity contribution in [3.63, 3.8) is 0 Å². The number of para-hydroxylation sites is 1. The van der Waals surface area contributed by atoms with E-state index < -0.39 is 23.9 Å². The van der Waals surface area contributed by atoms with Crippen LogP contribution in [0.5, 0.6) is 0 Å². The number of aryl methyl sites for hydroxylation is 1. The van der Waals surface area contributed by atoms with E-state index in [2.05, 4.69) is 15.5 Å². The van der Waals surface area contributed by atoms with E-state index in [0.29, 0.717) is 22.4 Å². The fourth-order valence-electron chi connectivity index (χ4n) is 4.10. The minimum atomic E-state index is -4.61. The Bertz CT molecular complexity index is 1610. The first-order valence-electron chi connectivity index (χ1n) is 11.2. The number of nitrogens with two attached hydrogens (primary N) is 1. The molecule has 1 atom stereocenters. The van der Waals surface area contributed by atoms with Crippen molar-refractivity contribution in [2.24, 2.45) is 12.8 Å². The summed E-state index contributed by atoms with van der Waals surface area (Å²) in [5, 5.41) is 23.3. The first kappa shape index (κ1) is 24.1. The third-order valence-electron chi connectivity index (χ3n) is 5.89. The number of hydrogen-bond donors (Lipinski definition) is 3. The summed E-state index contributed by atoms with van der Waals surface area (Å²) in [4.78, 5) is 11.7. The number of hydrogen-bond acceptors (Lipinski definition) is 5. The van der Waals surface area contributed by atoms with E-state index in [0.717, 1.165) is 6.07 Å². The van der Waals surface area contributed by atoms with E-state index in [9.17, 15) is 23.1 Å². The summed E-state index contributed by atoms with van der Waals surface area (Å²) in [6.07, 6.45) is -4.46. The van der Waals surface area contributed by atoms with Gasteiger partial charge in [-0.2, -0.15) is 23.4 Å². The molecule has 0 bridgehead atoms. The van der Waals surface area contributed by atoms with Crippen LogP contribution in [0.25, 0.3) is 27.8 Å². The van der Waals surface area contributed by atoms with Gasteiger partial charge >= 0.3 is 6.18 Å². The van der Waals surface area contributed by atoms with E-state index in [-0.39, 0.29) is 22.4 Å². The lowest BCUT2D eigenvalue weighted by atomic mass is 10.00. The molecule has 8 nitrogen and oxygen atoms in total. The molecule has 0 aliphatic heterocycles. The van der Waals surface area contributed by atoms with Crippen molar-refractivity contribution in [1.29, 1.82) is 0 Å². The third kappa shape index (κ3) is 4.64. The molecule has 5 aromatic rings. The van der Waals surface area contributed by atoms with E-state index in [1.165, 1.54) is 35.0 Å². The van der Waals surface area contributed by atoms with Crippen LogP contribution in [-0.2, 0) is 13.2 Å². The highest BCUT2D eigenvalue weighted by Gasteiger charge is 2.34. The predicted molar refractivity (Wildman–Crippen MR) is 132 cm³/mol. The summed E-state index contributed by atoms with van der Waals surface area (Å²) in [5.74, 6) is -0.235. The van der Waals surface area contributed by atoms with Gasteiger partial charge in [-0.1, -0.05) is 24.3 Å². The minimum Gasteiger partial charge on any atom is -0.369 e. The highest BCUT2D eigenvalue weighted by molar-refractivity contribution is 5.99. The zero-order valence-electron chi connectivity index (χ0n) is 19.4. The number of aromatic nitrogens is 4. The number of fused-ring (bicyclic) bond motifs is 1. The molecule has 0 saturated heterocycles. The van der Waals surface area contributed by atoms with Crippen molar-refractivity contribution in [2.45, 2.75) is 12.4 Å². The number of anilines is 1. The number of aliphatic hydroxyl groups is 1. The third-order valence-corrected chi connectivity index (χ3v) is 5.89. The quantitative estimate of drug-likeness (QED) is 0.291. The number of primary amides is 1. The minimum absolute atomic E-state index is 0.127. The molecular formula is C26H21F3N6O2. The Morgan fingerprint density at radius 1 is 1.03 bits per heavy atom. The van der Waals surface area contributed by atoms with Gasteiger partial charge in [0.25, 0.3) is 0 Å². The number of carbonyl (C=O) groups is 1. The zero-order chi connectivity index (χ0) is 26.3. The van der Waals surface area contributed by atoms with Gasteiger partial charge in [0.1, 0.15) is 5.82 Å². The Labute approximate surface area is 208 Å². The number of benzene rings is 3. The van der Waals surface area contributed by atoms with Crippen molar-refractivity contribution in [3.8, 4) is 16.9 Å². The molecular weight excluding hydrogens is 485 g/mol. The number of alkyl halides is 3. The standard InChI is InChI=1S/C26H21F3N6O2/c1-34-12-11-21(32-34)19-13-16(8-10-20(19)26(27,28)29)25(37)31-24-18-9-7-15(23(30)36)14-22(18)33-35(24)17-5-3-2-4-6-17/h2-14,25,31,37H,1H3,(H2,30,36). The van der Waals surface area contributed by atoms with E-state index in [1.54, 1.807) is 36.1 Å². The van der Waals surface area contributed by atoms with Gasteiger partial charge in [0.05, 0.1) is 22.5 Å². The van der Waals surface area contributed by atoms with E-state index in [4.69, 9.17) is 5.73 Å². The van der Waals surface area contributed by atoms with Crippen molar-refractivity contribution < 1.29 is 23.1 Å². The lowest BCUT2D eigenvalue weighted by Gasteiger charge is -2.19. The summed E-state index contributed by atoms with van der Waals surface area (Å²) in [6.45, 7) is 0. The Morgan fingerprint density at radius 2 is 1.78 bits per heavy atom. The fraction of sp³-hybridized carbons (Fsp3) is 0.115. The maximum atomic E-state index is 13.7. The Morgan fingerprint density at radius 3 is 2.43 bits per heavy atom. The zero-order valence-corrected chi connectivity index (χ0v) is 19.4. The van der Waals surface area contributed by atoms with E-state index in [1.807, 2.05) is 18.2 Å². The molecule has 37 heavy (non-hydrogen) atoms. The van der Waals surface area contributed by atoms with Gasteiger partial charge in [0, 0.05) is 35.3 Å². The van der Waals surface area contributed by atoms with Crippen LogP contribution in [0.3, 0.4) is 0 Å². The molecule has 0 aliphatic rings. The monoisotopic (exact) mass is 506 g/mol. The summed E-state index contributed by atoms with van der Waals surface area (Å²) in [6, 6.07) is 18.6. The van der Waals surface area contributed by atoms with Gasteiger partial charge in [-0.25, -0.2) is 4.68 Å². The second-order valence-electron chi connectivity index (χ2n) is 8.42. The van der Waals surface area contributed by atoms with Crippen LogP contribution in [0.15, 0.2) is 79.0 Å². The molecule has 0 saturated carbocycles. The molecule has 0 aliphatic carbocycles. The number of aliphatic hydroxyl groups excluding tert-OH is 1. The molecule has 188 valence electrons. The lowest BCUT2D eigenvalue weighted by Crippen LogP contribution is -2.15. The molecule has 4 N–H and O–H groups in total. The number of rotatable bonds is 6. The second kappa shape index (κ2) is 9.10. The normalized spacial score (nSPS) is 12.6. The summed E-state index contributed by atoms with van der Waals surface area (Å²) in [5.41, 5.74) is 6.08. The van der Waals surface area contributed by atoms with Crippen molar-refractivity contribution in [3.05, 3.63) is 95.7 Å². The van der Waals surface area contributed by atoms with Gasteiger partial charge in [-0.3, -0.25) is 9.48 Å². The number of carbonyl (C=O) groups excluding carboxylic acids is 1. The van der Waals surface area contributed by atoms with Crippen LogP contribution >= 0.6 is 0 Å². The maximum absolute atomic E-state index is 13.7. The van der Waals surface area contributed by atoms with Crippen LogP contribution in [-0.4, -0.2) is 30.6 Å². The SMILES string of the molecule is Cn1ccc(-c2cc(C(O)Nc3c4ccc(C(N)=O)cc4nn3-c3ccccc3)ccc2C(F)(F)F)n1. The molecule has 5 rings (SSSR count). The lowest BCUT2D eigenvalue weighted by molar-refractivity contribution is -0.137. The van der Waals surface area contributed by atoms with Gasteiger partial charge < -0.3 is 16.2 Å². The molecule has 11 heteroatoms. The number of nitrogens with zero attached hydrogens (tertiary/aromatic N) is 4. The number of amides is 1. The molecule has 2 heterocycles. The van der Waals surface area contributed by atoms with Gasteiger partial charge in [0.15, 0.2) is 6.23 Å². The largest absolute Gasteiger partial charge is 0.417 e. The first-order valence-corrected chi connectivity index (χ1v) is 11.2. The van der Waals surface area contributed by atoms with Gasteiger partial charge in [0.2, 0.25) is 5.91 Å². The maximum Gasteiger partial charge on any atom is 0.417 e. The van der Waals surface area contributed by atoms with Crippen LogP contribution in [0, 0.1) is 0 Å². The van der Waals surface area contributed by atoms with Crippen LogP contribution in [0.2, 0.25) is 0 Å². The fourth-order valence-corrected chi connectivity index (χ4v) is 4.10. The number of nitrogens with one attached hydrogen (secondary N) is 1. The first-order chi connectivity index (χ1) is 17.6. The Balaban J connectivity index is 1.59. The molecule has 1 unspecified atom stereocenters. The summed E-state index contributed by atoms with van der Waals surface area (Å²) >= 11 is 0. The average Bonchev–Trinajstić information content (AvgIpc) is 3.47. The second-order valence-corrected chi connectivity index (χ2v) is 8.42. The average molecular weight is 506 g/mol. The summed E-state index contributed by atoms with van der Waals surface area (Å²) < 4.78 is 44.1. The van der Waals surface area contributed by atoms with E-state index >= 15 is 0 Å². The molecule has 1 amide bonds. The van der Waals surface area contributed by atoms with Crippen LogP contribution < -0.4 is 11.1 Å². The van der Waals surface area contributed by atoms with Crippen molar-refractivity contribution in [2.75, 3.05) is 5.32 Å². The highest BCUT2D eigenvalue weighted by Crippen LogP contribution is 2.38. The number of halogens is 3. The van der Waals surface area contributed by atoms with Gasteiger partial charge in [-0.05, 0) is 48.5 Å². The molecule has 0 radical (unpaired) electrons. The van der Waals surface area contributed by atoms with Crippen LogP contribution in [0.1, 0.15) is 27.7 Å². The van der Waals surface area contributed by atoms with Crippen LogP contribution in [0.4, 0.5) is 19.0 Å². The van der Waals surface area contributed by atoms with Gasteiger partial charge in [-0.15, -0.1) is 0 Å².